The first kappa shape index (κ1) is 24.7. The van der Waals surface area contributed by atoms with Crippen LogP contribution in [0.5, 0.6) is 0 Å². The highest BCUT2D eigenvalue weighted by molar-refractivity contribution is 5.85. The van der Waals surface area contributed by atoms with Gasteiger partial charge in [-0.05, 0) is 35.2 Å². The zero-order valence-corrected chi connectivity index (χ0v) is 21.0. The summed E-state index contributed by atoms with van der Waals surface area (Å²) >= 11 is 0. The molecular formula is C31H32N4O2. The van der Waals surface area contributed by atoms with E-state index in [2.05, 4.69) is 11.0 Å². The van der Waals surface area contributed by atoms with E-state index in [1.807, 2.05) is 94.7 Å². The molecule has 0 radical (unpaired) electrons. The summed E-state index contributed by atoms with van der Waals surface area (Å²) in [6, 6.07) is 29.6. The van der Waals surface area contributed by atoms with Crippen LogP contribution in [0.3, 0.4) is 0 Å². The van der Waals surface area contributed by atoms with Gasteiger partial charge in [0.05, 0.1) is 23.6 Å². The number of amides is 2. The topological polar surface area (TPSA) is 67.6 Å². The third-order valence-corrected chi connectivity index (χ3v) is 7.53. The summed E-state index contributed by atoms with van der Waals surface area (Å²) in [4.78, 5) is 33.3. The second-order valence-electron chi connectivity index (χ2n) is 9.92. The Morgan fingerprint density at radius 2 is 1.43 bits per heavy atom. The first-order chi connectivity index (χ1) is 18.1. The molecule has 2 aliphatic rings. The Balaban J connectivity index is 1.30. The summed E-state index contributed by atoms with van der Waals surface area (Å²) in [6.07, 6.45) is 0.971. The van der Waals surface area contributed by atoms with Crippen LogP contribution in [0.25, 0.3) is 0 Å². The summed E-state index contributed by atoms with van der Waals surface area (Å²) in [5.74, 6) is 0.000295. The summed E-state index contributed by atoms with van der Waals surface area (Å²) in [7, 11) is 0. The van der Waals surface area contributed by atoms with E-state index in [0.717, 1.165) is 30.8 Å². The van der Waals surface area contributed by atoms with Crippen molar-refractivity contribution in [3.63, 3.8) is 0 Å². The molecule has 0 saturated carbocycles. The number of piperazine rings is 1. The summed E-state index contributed by atoms with van der Waals surface area (Å²) in [6.45, 7) is 4.28. The molecule has 2 atom stereocenters. The normalized spacial score (nSPS) is 20.5. The monoisotopic (exact) mass is 492 g/mol. The Morgan fingerprint density at radius 3 is 2.08 bits per heavy atom. The van der Waals surface area contributed by atoms with Crippen LogP contribution < -0.4 is 0 Å². The van der Waals surface area contributed by atoms with Crippen LogP contribution in [0.2, 0.25) is 0 Å². The minimum absolute atomic E-state index is 0.106. The zero-order chi connectivity index (χ0) is 25.6. The number of likely N-dealkylation sites (tertiary alicyclic amines) is 1. The number of carbonyl (C=O) groups excluding carboxylic acids is 2. The summed E-state index contributed by atoms with van der Waals surface area (Å²) in [5.41, 5.74) is 3.93. The molecule has 0 aliphatic carbocycles. The largest absolute Gasteiger partial charge is 0.340 e. The smallest absolute Gasteiger partial charge is 0.228 e. The zero-order valence-electron chi connectivity index (χ0n) is 21.0. The van der Waals surface area contributed by atoms with Crippen LogP contribution in [-0.4, -0.2) is 52.7 Å². The molecule has 37 heavy (non-hydrogen) atoms. The average Bonchev–Trinajstić information content (AvgIpc) is 2.95. The van der Waals surface area contributed by atoms with Crippen molar-refractivity contribution in [2.75, 3.05) is 26.2 Å². The Morgan fingerprint density at radius 1 is 0.811 bits per heavy atom. The van der Waals surface area contributed by atoms with E-state index in [1.54, 1.807) is 0 Å². The van der Waals surface area contributed by atoms with E-state index in [9.17, 15) is 9.59 Å². The molecule has 2 saturated heterocycles. The van der Waals surface area contributed by atoms with E-state index in [-0.39, 0.29) is 23.8 Å². The predicted octanol–water partition coefficient (Wildman–Crippen LogP) is 4.38. The summed E-state index contributed by atoms with van der Waals surface area (Å²) < 4.78 is 0. The molecule has 3 aromatic rings. The lowest BCUT2D eigenvalue weighted by Crippen LogP contribution is -2.53. The van der Waals surface area contributed by atoms with Gasteiger partial charge in [0, 0.05) is 45.7 Å². The molecule has 2 fully saturated rings. The lowest BCUT2D eigenvalue weighted by Gasteiger charge is -2.44. The number of hydrogen-bond donors (Lipinski definition) is 0. The van der Waals surface area contributed by atoms with Crippen LogP contribution in [-0.2, 0) is 22.7 Å². The van der Waals surface area contributed by atoms with Crippen LogP contribution in [0, 0.1) is 17.2 Å². The molecule has 6 nitrogen and oxygen atoms in total. The molecular weight excluding hydrogens is 460 g/mol. The fourth-order valence-corrected chi connectivity index (χ4v) is 5.54. The first-order valence-electron chi connectivity index (χ1n) is 13.0. The van der Waals surface area contributed by atoms with E-state index in [1.165, 1.54) is 5.56 Å². The van der Waals surface area contributed by atoms with Crippen LogP contribution in [0.1, 0.15) is 41.1 Å². The highest BCUT2D eigenvalue weighted by Crippen LogP contribution is 2.39. The first-order valence-corrected chi connectivity index (χ1v) is 13.0. The highest BCUT2D eigenvalue weighted by atomic mass is 16.2. The number of rotatable bonds is 6. The molecule has 6 heteroatoms. The van der Waals surface area contributed by atoms with Gasteiger partial charge in [0.2, 0.25) is 11.8 Å². The SMILES string of the molecule is N#Cc1ccc(CN2CCN(C(=O)[C@H]3CCC(=O)N(Cc4ccccc4)[C@H]3c3ccccc3)CC2)cc1. The third-order valence-electron chi connectivity index (χ3n) is 7.53. The Labute approximate surface area is 218 Å². The number of piperidine rings is 1. The molecule has 2 heterocycles. The van der Waals surface area contributed by atoms with Crippen molar-refractivity contribution in [2.45, 2.75) is 32.0 Å². The van der Waals surface area contributed by atoms with Gasteiger partial charge in [-0.3, -0.25) is 14.5 Å². The van der Waals surface area contributed by atoms with Gasteiger partial charge in [-0.15, -0.1) is 0 Å². The van der Waals surface area contributed by atoms with Crippen molar-refractivity contribution >= 4 is 11.8 Å². The number of benzene rings is 3. The van der Waals surface area contributed by atoms with Gasteiger partial charge in [0.25, 0.3) is 0 Å². The Hall–Kier alpha value is -3.95. The van der Waals surface area contributed by atoms with Crippen LogP contribution in [0.4, 0.5) is 0 Å². The molecule has 0 N–H and O–H groups in total. The van der Waals surface area contributed by atoms with Gasteiger partial charge in [-0.1, -0.05) is 72.8 Å². The highest BCUT2D eigenvalue weighted by Gasteiger charge is 2.42. The van der Waals surface area contributed by atoms with E-state index in [4.69, 9.17) is 5.26 Å². The number of nitrogens with zero attached hydrogens (tertiary/aromatic N) is 4. The average molecular weight is 493 g/mol. The van der Waals surface area contributed by atoms with Crippen molar-refractivity contribution < 1.29 is 9.59 Å². The van der Waals surface area contributed by atoms with Crippen LogP contribution in [0.15, 0.2) is 84.9 Å². The van der Waals surface area contributed by atoms with E-state index in [0.29, 0.717) is 38.0 Å². The van der Waals surface area contributed by atoms with Crippen LogP contribution >= 0.6 is 0 Å². The fourth-order valence-electron chi connectivity index (χ4n) is 5.54. The molecule has 0 bridgehead atoms. The third kappa shape index (κ3) is 5.73. The lowest BCUT2D eigenvalue weighted by atomic mass is 9.82. The van der Waals surface area contributed by atoms with Crippen molar-refractivity contribution in [3.05, 3.63) is 107 Å². The second kappa shape index (κ2) is 11.4. The minimum atomic E-state index is -0.271. The van der Waals surface area contributed by atoms with Gasteiger partial charge in [0.15, 0.2) is 0 Å². The molecule has 2 amide bonds. The predicted molar refractivity (Wildman–Crippen MR) is 142 cm³/mol. The van der Waals surface area contributed by atoms with Gasteiger partial charge in [-0.25, -0.2) is 0 Å². The number of hydrogen-bond acceptors (Lipinski definition) is 4. The molecule has 0 spiro atoms. The molecule has 3 aromatic carbocycles. The standard InChI is InChI=1S/C31H32N4O2/c32-21-24-11-13-26(14-12-24)22-33-17-19-34(20-18-33)31(37)28-15-16-29(36)35(23-25-7-3-1-4-8-25)30(28)27-9-5-2-6-10-27/h1-14,28,30H,15-20,22-23H2/t28-,30-/m0/s1. The molecule has 5 rings (SSSR count). The quantitative estimate of drug-likeness (QED) is 0.512. The van der Waals surface area contributed by atoms with Gasteiger partial charge in [0.1, 0.15) is 0 Å². The lowest BCUT2D eigenvalue weighted by molar-refractivity contribution is -0.149. The van der Waals surface area contributed by atoms with Gasteiger partial charge >= 0.3 is 0 Å². The minimum Gasteiger partial charge on any atom is -0.340 e. The Kier molecular flexibility index (Phi) is 7.62. The van der Waals surface area contributed by atoms with Gasteiger partial charge < -0.3 is 9.80 Å². The maximum atomic E-state index is 13.9. The number of carbonyl (C=O) groups is 2. The van der Waals surface area contributed by atoms with Crippen molar-refractivity contribution in [3.8, 4) is 6.07 Å². The second-order valence-corrected chi connectivity index (χ2v) is 9.92. The summed E-state index contributed by atoms with van der Waals surface area (Å²) in [5, 5.41) is 9.02. The van der Waals surface area contributed by atoms with Crippen molar-refractivity contribution in [1.29, 1.82) is 5.26 Å². The van der Waals surface area contributed by atoms with Gasteiger partial charge in [-0.2, -0.15) is 5.26 Å². The van der Waals surface area contributed by atoms with Crippen molar-refractivity contribution in [1.82, 2.24) is 14.7 Å². The molecule has 0 unspecified atom stereocenters. The van der Waals surface area contributed by atoms with E-state index < -0.39 is 0 Å². The molecule has 0 aromatic heterocycles. The fraction of sp³-hybridized carbons (Fsp3) is 0.323. The molecule has 2 aliphatic heterocycles. The number of nitriles is 1. The Bertz CT molecular complexity index is 1250. The maximum absolute atomic E-state index is 13.9. The van der Waals surface area contributed by atoms with Crippen molar-refractivity contribution in [2.24, 2.45) is 5.92 Å². The van der Waals surface area contributed by atoms with E-state index >= 15 is 0 Å². The maximum Gasteiger partial charge on any atom is 0.228 e. The molecule has 188 valence electrons.